The van der Waals surface area contributed by atoms with E-state index in [0.29, 0.717) is 10.8 Å². The second-order valence-corrected chi connectivity index (χ2v) is 5.86. The van der Waals surface area contributed by atoms with Gasteiger partial charge in [0.2, 0.25) is 0 Å². The number of aromatic nitrogens is 2. The molecule has 2 aromatic heterocycles. The van der Waals surface area contributed by atoms with Gasteiger partial charge in [-0.25, -0.2) is 0 Å². The van der Waals surface area contributed by atoms with E-state index in [1.54, 1.807) is 4.57 Å². The zero-order chi connectivity index (χ0) is 11.8. The third kappa shape index (κ3) is 1.87. The van der Waals surface area contributed by atoms with E-state index in [1.165, 1.54) is 30.6 Å². The van der Waals surface area contributed by atoms with Crippen molar-refractivity contribution in [2.45, 2.75) is 38.1 Å². The summed E-state index contributed by atoms with van der Waals surface area (Å²) in [6.07, 6.45) is 5.84. The number of rotatable bonds is 1. The average molecular weight is 266 g/mol. The molecule has 0 spiro atoms. The molecule has 0 bridgehead atoms. The zero-order valence-corrected chi connectivity index (χ0v) is 11.1. The van der Waals surface area contributed by atoms with Gasteiger partial charge >= 0.3 is 0 Å². The molecule has 0 saturated heterocycles. The molecule has 0 atom stereocenters. The largest absolute Gasteiger partial charge is 0.331 e. The van der Waals surface area contributed by atoms with Crippen molar-refractivity contribution in [3.63, 3.8) is 0 Å². The highest BCUT2D eigenvalue weighted by molar-refractivity contribution is 7.71. The lowest BCUT2D eigenvalue weighted by atomic mass is 9.95. The molecule has 3 nitrogen and oxygen atoms in total. The zero-order valence-electron chi connectivity index (χ0n) is 9.44. The summed E-state index contributed by atoms with van der Waals surface area (Å²) >= 11 is 6.82. The molecule has 0 unspecified atom stereocenters. The maximum atomic E-state index is 12.4. The Bertz CT molecular complexity index is 646. The van der Waals surface area contributed by atoms with Crippen molar-refractivity contribution in [2.75, 3.05) is 0 Å². The number of nitrogens with one attached hydrogen (secondary N) is 1. The fraction of sp³-hybridized carbons (Fsp3) is 0.500. The number of aromatic amines is 1. The molecule has 0 aliphatic heterocycles. The van der Waals surface area contributed by atoms with Gasteiger partial charge < -0.3 is 4.98 Å². The van der Waals surface area contributed by atoms with E-state index in [0.717, 1.165) is 23.1 Å². The van der Waals surface area contributed by atoms with E-state index in [1.807, 2.05) is 11.4 Å². The van der Waals surface area contributed by atoms with E-state index in [4.69, 9.17) is 12.2 Å². The topological polar surface area (TPSA) is 37.8 Å². The lowest BCUT2D eigenvalue weighted by molar-refractivity contribution is 0.342. The minimum Gasteiger partial charge on any atom is -0.331 e. The molecule has 1 saturated carbocycles. The van der Waals surface area contributed by atoms with Crippen molar-refractivity contribution in [3.8, 4) is 0 Å². The molecule has 2 heterocycles. The van der Waals surface area contributed by atoms with Crippen LogP contribution >= 0.6 is 23.6 Å². The fourth-order valence-electron chi connectivity index (χ4n) is 2.62. The van der Waals surface area contributed by atoms with E-state index in [9.17, 15) is 4.79 Å². The molecule has 17 heavy (non-hydrogen) atoms. The molecule has 5 heteroatoms. The number of thiophene rings is 1. The smallest absolute Gasteiger partial charge is 0.272 e. The number of H-pyrrole nitrogens is 1. The second-order valence-electron chi connectivity index (χ2n) is 4.56. The first kappa shape index (κ1) is 11.2. The Morgan fingerprint density at radius 2 is 2.12 bits per heavy atom. The van der Waals surface area contributed by atoms with Gasteiger partial charge in [-0.2, -0.15) is 0 Å². The molecule has 1 aliphatic rings. The summed E-state index contributed by atoms with van der Waals surface area (Å²) in [5.74, 6) is 0. The lowest BCUT2D eigenvalue weighted by Gasteiger charge is -2.23. The van der Waals surface area contributed by atoms with E-state index >= 15 is 0 Å². The van der Waals surface area contributed by atoms with Gasteiger partial charge in [-0.15, -0.1) is 11.3 Å². The Kier molecular flexibility index (Phi) is 2.88. The maximum absolute atomic E-state index is 12.4. The van der Waals surface area contributed by atoms with Gasteiger partial charge in [0.05, 0.1) is 5.52 Å². The van der Waals surface area contributed by atoms with Crippen molar-refractivity contribution in [1.29, 1.82) is 0 Å². The van der Waals surface area contributed by atoms with Crippen molar-refractivity contribution < 1.29 is 0 Å². The van der Waals surface area contributed by atoms with Crippen LogP contribution in [-0.2, 0) is 0 Å². The van der Waals surface area contributed by atoms with Crippen molar-refractivity contribution >= 4 is 33.8 Å². The maximum Gasteiger partial charge on any atom is 0.272 e. The van der Waals surface area contributed by atoms with Crippen LogP contribution < -0.4 is 5.56 Å². The molecule has 0 aromatic carbocycles. The number of hydrogen-bond donors (Lipinski definition) is 1. The highest BCUT2D eigenvalue weighted by atomic mass is 32.1. The van der Waals surface area contributed by atoms with E-state index in [-0.39, 0.29) is 5.56 Å². The third-order valence-corrected chi connectivity index (χ3v) is 4.68. The Balaban J connectivity index is 2.20. The van der Waals surface area contributed by atoms with Crippen molar-refractivity contribution in [2.24, 2.45) is 0 Å². The van der Waals surface area contributed by atoms with Gasteiger partial charge in [-0.3, -0.25) is 9.36 Å². The number of fused-ring (bicyclic) bond motifs is 1. The van der Waals surface area contributed by atoms with Crippen LogP contribution in [0.25, 0.3) is 10.2 Å². The molecule has 1 fully saturated rings. The second kappa shape index (κ2) is 4.38. The summed E-state index contributed by atoms with van der Waals surface area (Å²) in [5, 5.41) is 1.93. The third-order valence-electron chi connectivity index (χ3n) is 3.48. The molecule has 2 aromatic rings. The molecular formula is C12H14N2OS2. The van der Waals surface area contributed by atoms with E-state index in [2.05, 4.69) is 4.98 Å². The van der Waals surface area contributed by atoms with Crippen LogP contribution in [0.2, 0.25) is 0 Å². The first-order valence-corrected chi connectivity index (χ1v) is 7.28. The van der Waals surface area contributed by atoms with Gasteiger partial charge in [-0.1, -0.05) is 19.3 Å². The Hall–Kier alpha value is -0.940. The van der Waals surface area contributed by atoms with Crippen molar-refractivity contribution in [1.82, 2.24) is 9.55 Å². The monoisotopic (exact) mass is 266 g/mol. The molecule has 3 rings (SSSR count). The standard InChI is InChI=1S/C12H14N2OS2/c15-11-10-9(6-7-17-10)13-12(16)14(11)8-4-2-1-3-5-8/h6-8H,1-5H2,(H,13,16). The molecule has 0 amide bonds. The summed E-state index contributed by atoms with van der Waals surface area (Å²) in [6, 6.07) is 2.22. The predicted molar refractivity (Wildman–Crippen MR) is 73.4 cm³/mol. The number of hydrogen-bond acceptors (Lipinski definition) is 3. The van der Waals surface area contributed by atoms with Crippen LogP contribution in [0.1, 0.15) is 38.1 Å². The van der Waals surface area contributed by atoms with Gasteiger partial charge in [-0.05, 0) is 36.5 Å². The Morgan fingerprint density at radius 3 is 2.88 bits per heavy atom. The molecule has 90 valence electrons. The van der Waals surface area contributed by atoms with Crippen LogP contribution in [0, 0.1) is 4.77 Å². The molecule has 0 radical (unpaired) electrons. The number of nitrogens with zero attached hydrogens (tertiary/aromatic N) is 1. The summed E-state index contributed by atoms with van der Waals surface area (Å²) < 4.78 is 3.17. The van der Waals surface area contributed by atoms with Crippen LogP contribution in [0.4, 0.5) is 0 Å². The summed E-state index contributed by atoms with van der Waals surface area (Å²) in [4.78, 5) is 15.6. The summed E-state index contributed by atoms with van der Waals surface area (Å²) in [7, 11) is 0. The van der Waals surface area contributed by atoms with Crippen LogP contribution in [-0.4, -0.2) is 9.55 Å². The van der Waals surface area contributed by atoms with Crippen LogP contribution in [0.3, 0.4) is 0 Å². The fourth-order valence-corrected chi connectivity index (χ4v) is 3.75. The van der Waals surface area contributed by atoms with Crippen molar-refractivity contribution in [3.05, 3.63) is 26.6 Å². The lowest BCUT2D eigenvalue weighted by Crippen LogP contribution is -2.27. The first-order chi connectivity index (χ1) is 8.27. The van der Waals surface area contributed by atoms with Gasteiger partial charge in [0, 0.05) is 6.04 Å². The van der Waals surface area contributed by atoms with Crippen LogP contribution in [0.15, 0.2) is 16.2 Å². The molecule has 1 N–H and O–H groups in total. The minimum absolute atomic E-state index is 0.0886. The highest BCUT2D eigenvalue weighted by Crippen LogP contribution is 2.27. The van der Waals surface area contributed by atoms with Gasteiger partial charge in [0.15, 0.2) is 4.77 Å². The predicted octanol–water partition coefficient (Wildman–Crippen LogP) is 3.63. The quantitative estimate of drug-likeness (QED) is 0.800. The molecule has 1 aliphatic carbocycles. The SMILES string of the molecule is O=c1c2sccc2[nH]c(=S)n1C1CCCCC1. The van der Waals surface area contributed by atoms with Gasteiger partial charge in [0.25, 0.3) is 5.56 Å². The average Bonchev–Trinajstić information content (AvgIpc) is 2.78. The minimum atomic E-state index is 0.0886. The Morgan fingerprint density at radius 1 is 1.35 bits per heavy atom. The van der Waals surface area contributed by atoms with Gasteiger partial charge in [0.1, 0.15) is 4.70 Å². The molecular weight excluding hydrogens is 252 g/mol. The van der Waals surface area contributed by atoms with Crippen LogP contribution in [0.5, 0.6) is 0 Å². The first-order valence-electron chi connectivity index (χ1n) is 5.99. The normalized spacial score (nSPS) is 17.6. The highest BCUT2D eigenvalue weighted by Gasteiger charge is 2.18. The summed E-state index contributed by atoms with van der Waals surface area (Å²) in [6.45, 7) is 0. The van der Waals surface area contributed by atoms with E-state index < -0.39 is 0 Å². The summed E-state index contributed by atoms with van der Waals surface area (Å²) in [5.41, 5.74) is 0.961. The Labute approximate surface area is 108 Å².